The molecule has 0 atom stereocenters. The molecule has 38 heavy (non-hydrogen) atoms. The van der Waals surface area contributed by atoms with E-state index < -0.39 is 0 Å². The molecule has 0 aromatic heterocycles. The Morgan fingerprint density at radius 1 is 0.368 bits per heavy atom. The van der Waals surface area contributed by atoms with Crippen molar-refractivity contribution in [2.45, 2.75) is 27.7 Å². The van der Waals surface area contributed by atoms with E-state index in [4.69, 9.17) is 0 Å². The van der Waals surface area contributed by atoms with Gasteiger partial charge in [-0.05, 0) is 112 Å². The molecule has 0 heterocycles. The molecule has 194 valence electrons. The van der Waals surface area contributed by atoms with Crippen LogP contribution in [0.4, 0.5) is 34.1 Å². The minimum atomic E-state index is 0.819. The second-order valence-electron chi connectivity index (χ2n) is 8.87. The highest BCUT2D eigenvalue weighted by atomic mass is 15.1. The monoisotopic (exact) mass is 504 g/mol. The maximum Gasteiger partial charge on any atom is 0.0858 e. The van der Waals surface area contributed by atoms with Gasteiger partial charge in [-0.3, -0.25) is 0 Å². The zero-order valence-corrected chi connectivity index (χ0v) is 22.7. The Kier molecular flexibility index (Phi) is 9.35. The van der Waals surface area contributed by atoms with Gasteiger partial charge in [-0.1, -0.05) is 24.3 Å². The lowest BCUT2D eigenvalue weighted by Crippen LogP contribution is -2.21. The van der Waals surface area contributed by atoms with Crippen LogP contribution in [-0.4, -0.2) is 26.2 Å². The van der Waals surface area contributed by atoms with Gasteiger partial charge >= 0.3 is 0 Å². The van der Waals surface area contributed by atoms with Gasteiger partial charge in [0.05, 0.1) is 22.7 Å². The van der Waals surface area contributed by atoms with E-state index in [1.54, 1.807) is 0 Å². The fourth-order valence-electron chi connectivity index (χ4n) is 4.31. The van der Waals surface area contributed by atoms with Crippen molar-refractivity contribution in [3.8, 4) is 11.1 Å². The summed E-state index contributed by atoms with van der Waals surface area (Å²) in [6.45, 7) is 12.6. The van der Waals surface area contributed by atoms with E-state index in [-0.39, 0.29) is 0 Å². The largest absolute Gasteiger partial charge is 0.372 e. The third-order valence-electron chi connectivity index (χ3n) is 6.59. The minimum absolute atomic E-state index is 0.819. The quantitative estimate of drug-likeness (QED) is 0.191. The molecule has 4 rings (SSSR count). The predicted octanol–water partition coefficient (Wildman–Crippen LogP) is 9.88. The SMILES string of the molecule is CCN(CC)c1ccc(/N=N/c2ccc(-c3ccc(/N=N/c4ccc(N(CC)CC)cc4)cc3)cc2)cc1. The van der Waals surface area contributed by atoms with Gasteiger partial charge in [-0.2, -0.15) is 20.5 Å². The van der Waals surface area contributed by atoms with E-state index in [2.05, 4.69) is 106 Å². The van der Waals surface area contributed by atoms with Gasteiger partial charge in [0.2, 0.25) is 0 Å². The van der Waals surface area contributed by atoms with Gasteiger partial charge in [-0.25, -0.2) is 0 Å². The van der Waals surface area contributed by atoms with Crippen LogP contribution in [0.25, 0.3) is 11.1 Å². The third kappa shape index (κ3) is 6.91. The first kappa shape index (κ1) is 26.7. The maximum atomic E-state index is 4.40. The average Bonchev–Trinajstić information content (AvgIpc) is 2.98. The lowest BCUT2D eigenvalue weighted by Gasteiger charge is -2.20. The van der Waals surface area contributed by atoms with Gasteiger partial charge in [0.1, 0.15) is 0 Å². The molecule has 0 amide bonds. The van der Waals surface area contributed by atoms with Crippen LogP contribution in [0.3, 0.4) is 0 Å². The van der Waals surface area contributed by atoms with Crippen molar-refractivity contribution in [2.24, 2.45) is 20.5 Å². The lowest BCUT2D eigenvalue weighted by molar-refractivity contribution is 0.866. The molecule has 6 nitrogen and oxygen atoms in total. The van der Waals surface area contributed by atoms with Crippen LogP contribution in [0.1, 0.15) is 27.7 Å². The zero-order chi connectivity index (χ0) is 26.7. The molecule has 0 bridgehead atoms. The van der Waals surface area contributed by atoms with Gasteiger partial charge < -0.3 is 9.80 Å². The summed E-state index contributed by atoms with van der Waals surface area (Å²) in [6.07, 6.45) is 0. The minimum Gasteiger partial charge on any atom is -0.372 e. The van der Waals surface area contributed by atoms with E-state index in [0.29, 0.717) is 0 Å². The Labute approximate surface area is 226 Å². The van der Waals surface area contributed by atoms with Crippen LogP contribution in [-0.2, 0) is 0 Å². The summed E-state index contributed by atoms with van der Waals surface area (Å²) in [7, 11) is 0. The van der Waals surface area contributed by atoms with E-state index >= 15 is 0 Å². The number of azo groups is 2. The number of anilines is 2. The highest BCUT2D eigenvalue weighted by molar-refractivity contribution is 5.67. The molecule has 0 unspecified atom stereocenters. The van der Waals surface area contributed by atoms with Crippen LogP contribution in [0.15, 0.2) is 118 Å². The summed E-state index contributed by atoms with van der Waals surface area (Å²) < 4.78 is 0. The Balaban J connectivity index is 1.36. The first-order chi connectivity index (χ1) is 18.6. The van der Waals surface area contributed by atoms with Gasteiger partial charge in [-0.15, -0.1) is 0 Å². The van der Waals surface area contributed by atoms with Crippen molar-refractivity contribution >= 4 is 34.1 Å². The van der Waals surface area contributed by atoms with E-state index in [1.807, 2.05) is 48.5 Å². The van der Waals surface area contributed by atoms with Crippen LogP contribution in [0.5, 0.6) is 0 Å². The van der Waals surface area contributed by atoms with Crippen molar-refractivity contribution in [3.05, 3.63) is 97.1 Å². The standard InChI is InChI=1S/C32H36N6/c1-5-37(6-2)31-21-17-29(18-22-31)35-33-27-13-9-25(10-14-27)26-11-15-28(16-12-26)34-36-30-19-23-32(24-20-30)38(7-3)8-4/h9-24H,5-8H2,1-4H3/b35-33+,36-34+. The Morgan fingerprint density at radius 2 is 0.605 bits per heavy atom. The predicted molar refractivity (Wildman–Crippen MR) is 160 cm³/mol. The van der Waals surface area contributed by atoms with Crippen LogP contribution in [0, 0.1) is 0 Å². The van der Waals surface area contributed by atoms with Crippen molar-refractivity contribution in [1.29, 1.82) is 0 Å². The number of benzene rings is 4. The van der Waals surface area contributed by atoms with Crippen molar-refractivity contribution in [3.63, 3.8) is 0 Å². The van der Waals surface area contributed by atoms with E-state index in [1.165, 1.54) is 11.4 Å². The number of rotatable bonds is 11. The first-order valence-corrected chi connectivity index (χ1v) is 13.4. The van der Waals surface area contributed by atoms with Gasteiger partial charge in [0, 0.05) is 37.6 Å². The average molecular weight is 505 g/mol. The van der Waals surface area contributed by atoms with E-state index in [9.17, 15) is 0 Å². The second kappa shape index (κ2) is 13.3. The molecule has 6 heteroatoms. The van der Waals surface area contributed by atoms with Crippen LogP contribution >= 0.6 is 0 Å². The summed E-state index contributed by atoms with van der Waals surface area (Å²) in [5.41, 5.74) is 7.96. The summed E-state index contributed by atoms with van der Waals surface area (Å²) in [6, 6.07) is 32.6. The number of hydrogen-bond donors (Lipinski definition) is 0. The molecule has 4 aromatic rings. The van der Waals surface area contributed by atoms with Gasteiger partial charge in [0.15, 0.2) is 0 Å². The summed E-state index contributed by atoms with van der Waals surface area (Å²) in [5, 5.41) is 17.6. The molecule has 0 spiro atoms. The molecule has 0 aliphatic rings. The first-order valence-electron chi connectivity index (χ1n) is 13.4. The molecule has 4 aromatic carbocycles. The van der Waals surface area contributed by atoms with Crippen LogP contribution < -0.4 is 9.80 Å². The zero-order valence-electron chi connectivity index (χ0n) is 22.7. The molecule has 0 fully saturated rings. The summed E-state index contributed by atoms with van der Waals surface area (Å²) in [5.74, 6) is 0. The molecule has 0 saturated carbocycles. The molecular weight excluding hydrogens is 468 g/mol. The molecule has 0 aliphatic heterocycles. The van der Waals surface area contributed by atoms with Crippen molar-refractivity contribution in [2.75, 3.05) is 36.0 Å². The highest BCUT2D eigenvalue weighted by Crippen LogP contribution is 2.28. The van der Waals surface area contributed by atoms with Crippen LogP contribution in [0.2, 0.25) is 0 Å². The topological polar surface area (TPSA) is 55.9 Å². The number of hydrogen-bond acceptors (Lipinski definition) is 6. The summed E-state index contributed by atoms with van der Waals surface area (Å²) >= 11 is 0. The molecule has 0 aliphatic carbocycles. The highest BCUT2D eigenvalue weighted by Gasteiger charge is 2.03. The summed E-state index contributed by atoms with van der Waals surface area (Å²) in [4.78, 5) is 4.61. The van der Waals surface area contributed by atoms with E-state index in [0.717, 1.165) is 60.1 Å². The fraction of sp³-hybridized carbons (Fsp3) is 0.250. The fourth-order valence-corrected chi connectivity index (χ4v) is 4.31. The normalized spacial score (nSPS) is 11.4. The van der Waals surface area contributed by atoms with Gasteiger partial charge in [0.25, 0.3) is 0 Å². The van der Waals surface area contributed by atoms with Crippen molar-refractivity contribution in [1.82, 2.24) is 0 Å². The molecular formula is C32H36N6. The Morgan fingerprint density at radius 3 is 0.842 bits per heavy atom. The smallest absolute Gasteiger partial charge is 0.0858 e. The Bertz CT molecular complexity index is 1210. The lowest BCUT2D eigenvalue weighted by atomic mass is 10.1. The number of nitrogens with zero attached hydrogens (tertiary/aromatic N) is 6. The molecule has 0 saturated heterocycles. The van der Waals surface area contributed by atoms with Crippen molar-refractivity contribution < 1.29 is 0 Å². The Hall–Kier alpha value is -4.32. The molecule has 0 N–H and O–H groups in total. The molecule has 0 radical (unpaired) electrons. The second-order valence-corrected chi connectivity index (χ2v) is 8.87. The third-order valence-corrected chi connectivity index (χ3v) is 6.59. The maximum absolute atomic E-state index is 4.40.